The van der Waals surface area contributed by atoms with E-state index in [4.69, 9.17) is 21.1 Å². The molecule has 0 aliphatic heterocycles. The summed E-state index contributed by atoms with van der Waals surface area (Å²) in [5, 5.41) is 3.05. The van der Waals surface area contributed by atoms with Gasteiger partial charge >= 0.3 is 6.18 Å². The van der Waals surface area contributed by atoms with Crippen molar-refractivity contribution >= 4 is 45.9 Å². The third-order valence-corrected chi connectivity index (χ3v) is 7.67. The SMILES string of the molecule is COc1cc2nc(SCC(=O)Nc3cc(C(F)(F)F)ccc3Cl)n(CCC3=CCCCC3)c(=O)c2cc1OC. The van der Waals surface area contributed by atoms with Gasteiger partial charge in [-0.15, -0.1) is 0 Å². The topological polar surface area (TPSA) is 82.5 Å². The first-order chi connectivity index (χ1) is 18.6. The molecular weight excluding hydrogens is 555 g/mol. The number of thioether (sulfide) groups is 1. The molecule has 0 radical (unpaired) electrons. The number of nitrogens with one attached hydrogen (secondary N) is 1. The number of hydrogen-bond donors (Lipinski definition) is 1. The number of hydrogen-bond acceptors (Lipinski definition) is 6. The number of benzene rings is 2. The molecule has 1 aliphatic rings. The minimum Gasteiger partial charge on any atom is -0.493 e. The summed E-state index contributed by atoms with van der Waals surface area (Å²) in [5.41, 5.74) is 0.271. The van der Waals surface area contributed by atoms with Crippen molar-refractivity contribution in [3.05, 3.63) is 62.9 Å². The molecule has 4 rings (SSSR count). The number of alkyl halides is 3. The summed E-state index contributed by atoms with van der Waals surface area (Å²) in [6.07, 6.45) is 2.53. The van der Waals surface area contributed by atoms with Crippen LogP contribution in [0.15, 0.2) is 51.9 Å². The first-order valence-corrected chi connectivity index (χ1v) is 13.6. The van der Waals surface area contributed by atoms with E-state index in [2.05, 4.69) is 16.4 Å². The van der Waals surface area contributed by atoms with Gasteiger partial charge in [-0.3, -0.25) is 14.2 Å². The highest BCUT2D eigenvalue weighted by atomic mass is 35.5. The van der Waals surface area contributed by atoms with Gasteiger partial charge in [-0.25, -0.2) is 4.98 Å². The minimum absolute atomic E-state index is 0.0242. The summed E-state index contributed by atoms with van der Waals surface area (Å²) in [6.45, 7) is 0.366. The van der Waals surface area contributed by atoms with Crippen molar-refractivity contribution in [2.24, 2.45) is 0 Å². The number of rotatable bonds is 9. The smallest absolute Gasteiger partial charge is 0.416 e. The zero-order valence-corrected chi connectivity index (χ0v) is 22.9. The molecule has 7 nitrogen and oxygen atoms in total. The molecule has 1 N–H and O–H groups in total. The number of allylic oxidation sites excluding steroid dienone is 2. The molecule has 0 spiro atoms. The van der Waals surface area contributed by atoms with E-state index in [-0.39, 0.29) is 22.0 Å². The maximum Gasteiger partial charge on any atom is 0.416 e. The molecule has 3 aromatic rings. The lowest BCUT2D eigenvalue weighted by Crippen LogP contribution is -2.25. The summed E-state index contributed by atoms with van der Waals surface area (Å²) < 4.78 is 51.5. The van der Waals surface area contributed by atoms with Crippen molar-refractivity contribution in [2.75, 3.05) is 25.3 Å². The Hall–Kier alpha value is -3.18. The van der Waals surface area contributed by atoms with Crippen molar-refractivity contribution in [1.82, 2.24) is 9.55 Å². The highest BCUT2D eigenvalue weighted by Crippen LogP contribution is 2.34. The molecule has 1 heterocycles. The van der Waals surface area contributed by atoms with E-state index in [0.717, 1.165) is 55.6 Å². The van der Waals surface area contributed by atoms with Gasteiger partial charge in [-0.1, -0.05) is 35.0 Å². The Labute approximate surface area is 232 Å². The number of anilines is 1. The molecule has 0 saturated carbocycles. The second-order valence-corrected chi connectivity index (χ2v) is 10.3. The molecular formula is C27H27ClF3N3O4S. The minimum atomic E-state index is -4.58. The van der Waals surface area contributed by atoms with Crippen LogP contribution in [0.3, 0.4) is 0 Å². The Kier molecular flexibility index (Phi) is 9.12. The molecule has 1 amide bonds. The van der Waals surface area contributed by atoms with Crippen molar-refractivity contribution in [2.45, 2.75) is 50.0 Å². The summed E-state index contributed by atoms with van der Waals surface area (Å²) in [7, 11) is 2.95. The average Bonchev–Trinajstić information content (AvgIpc) is 2.92. The number of fused-ring (bicyclic) bond motifs is 1. The van der Waals surface area contributed by atoms with Crippen LogP contribution in [0.4, 0.5) is 18.9 Å². The lowest BCUT2D eigenvalue weighted by Gasteiger charge is -2.17. The van der Waals surface area contributed by atoms with Crippen LogP contribution < -0.4 is 20.3 Å². The van der Waals surface area contributed by atoms with Gasteiger partial charge in [0.1, 0.15) is 0 Å². The van der Waals surface area contributed by atoms with Crippen LogP contribution in [-0.2, 0) is 17.5 Å². The average molecular weight is 582 g/mol. The Morgan fingerprint density at radius 3 is 2.56 bits per heavy atom. The van der Waals surface area contributed by atoms with Crippen LogP contribution in [0.25, 0.3) is 10.9 Å². The fourth-order valence-electron chi connectivity index (χ4n) is 4.34. The third-order valence-electron chi connectivity index (χ3n) is 6.37. The zero-order valence-electron chi connectivity index (χ0n) is 21.4. The van der Waals surface area contributed by atoms with Gasteiger partial charge in [0.25, 0.3) is 5.56 Å². The monoisotopic (exact) mass is 581 g/mol. The van der Waals surface area contributed by atoms with E-state index >= 15 is 0 Å². The third kappa shape index (κ3) is 6.88. The van der Waals surface area contributed by atoms with Crippen LogP contribution in [0.5, 0.6) is 11.5 Å². The number of amides is 1. The second-order valence-electron chi connectivity index (χ2n) is 8.96. The molecule has 12 heteroatoms. The van der Waals surface area contributed by atoms with Gasteiger partial charge in [-0.05, 0) is 56.4 Å². The number of aromatic nitrogens is 2. The molecule has 208 valence electrons. The highest BCUT2D eigenvalue weighted by Gasteiger charge is 2.31. The predicted molar refractivity (Wildman–Crippen MR) is 146 cm³/mol. The van der Waals surface area contributed by atoms with Crippen LogP contribution >= 0.6 is 23.4 Å². The molecule has 0 atom stereocenters. The normalized spacial score (nSPS) is 13.7. The molecule has 39 heavy (non-hydrogen) atoms. The van der Waals surface area contributed by atoms with Gasteiger partial charge < -0.3 is 14.8 Å². The number of halogens is 4. The van der Waals surface area contributed by atoms with Crippen molar-refractivity contribution in [3.8, 4) is 11.5 Å². The summed E-state index contributed by atoms with van der Waals surface area (Å²) in [6, 6.07) is 5.88. The van der Waals surface area contributed by atoms with Crippen LogP contribution in [0.2, 0.25) is 5.02 Å². The molecule has 1 aromatic heterocycles. The first-order valence-electron chi connectivity index (χ1n) is 12.2. The summed E-state index contributed by atoms with van der Waals surface area (Å²) in [5.74, 6) is -0.0111. The zero-order chi connectivity index (χ0) is 28.2. The van der Waals surface area contributed by atoms with E-state index < -0.39 is 17.6 Å². The van der Waals surface area contributed by atoms with E-state index in [1.807, 2.05) is 0 Å². The van der Waals surface area contributed by atoms with Gasteiger partial charge in [0.2, 0.25) is 5.91 Å². The lowest BCUT2D eigenvalue weighted by atomic mass is 9.97. The Bertz CT molecular complexity index is 1470. The van der Waals surface area contributed by atoms with E-state index in [0.29, 0.717) is 40.5 Å². The van der Waals surface area contributed by atoms with Crippen LogP contribution in [0, 0.1) is 0 Å². The first kappa shape index (κ1) is 28.8. The van der Waals surface area contributed by atoms with Gasteiger partial charge in [-0.2, -0.15) is 13.2 Å². The van der Waals surface area contributed by atoms with Crippen molar-refractivity contribution in [1.29, 1.82) is 0 Å². The number of ether oxygens (including phenoxy) is 2. The number of nitrogens with zero attached hydrogens (tertiary/aromatic N) is 2. The molecule has 0 saturated heterocycles. The largest absolute Gasteiger partial charge is 0.493 e. The maximum absolute atomic E-state index is 13.6. The standard InChI is InChI=1S/C27H27ClF3N3O4S/c1-37-22-13-18-20(14-23(22)38-2)33-26(34(25(18)36)11-10-16-6-4-3-5-7-16)39-15-24(35)32-21-12-17(27(29,30)31)8-9-19(21)28/h6,8-9,12-14H,3-5,7,10-11,15H2,1-2H3,(H,32,35). The Balaban J connectivity index is 1.62. The van der Waals surface area contributed by atoms with Crippen LogP contribution in [0.1, 0.15) is 37.7 Å². The molecule has 0 fully saturated rings. The second kappa shape index (κ2) is 12.3. The van der Waals surface area contributed by atoms with E-state index in [1.54, 1.807) is 12.1 Å². The molecule has 0 unspecified atom stereocenters. The highest BCUT2D eigenvalue weighted by molar-refractivity contribution is 7.99. The Morgan fingerprint density at radius 2 is 1.90 bits per heavy atom. The van der Waals surface area contributed by atoms with Crippen molar-refractivity contribution in [3.63, 3.8) is 0 Å². The van der Waals surface area contributed by atoms with E-state index in [1.165, 1.54) is 24.4 Å². The maximum atomic E-state index is 13.6. The fraction of sp³-hybridized carbons (Fsp3) is 0.370. The number of carbonyl (C=O) groups excluding carboxylic acids is 1. The number of carbonyl (C=O) groups is 1. The summed E-state index contributed by atoms with van der Waals surface area (Å²) >= 11 is 7.03. The summed E-state index contributed by atoms with van der Waals surface area (Å²) in [4.78, 5) is 30.9. The molecule has 0 bridgehead atoms. The fourth-order valence-corrected chi connectivity index (χ4v) is 5.33. The Morgan fingerprint density at radius 1 is 1.15 bits per heavy atom. The lowest BCUT2D eigenvalue weighted by molar-refractivity contribution is -0.137. The molecule has 2 aromatic carbocycles. The van der Waals surface area contributed by atoms with Crippen molar-refractivity contribution < 1.29 is 27.4 Å². The van der Waals surface area contributed by atoms with Crippen LogP contribution in [-0.4, -0.2) is 35.4 Å². The predicted octanol–water partition coefficient (Wildman–Crippen LogP) is 6.71. The molecule has 1 aliphatic carbocycles. The van der Waals surface area contributed by atoms with E-state index in [9.17, 15) is 22.8 Å². The van der Waals surface area contributed by atoms with Gasteiger partial charge in [0, 0.05) is 12.6 Å². The number of methoxy groups -OCH3 is 2. The van der Waals surface area contributed by atoms with Gasteiger partial charge in [0.15, 0.2) is 16.7 Å². The van der Waals surface area contributed by atoms with Gasteiger partial charge in [0.05, 0.1) is 47.1 Å². The quantitative estimate of drug-likeness (QED) is 0.172.